The summed E-state index contributed by atoms with van der Waals surface area (Å²) in [5, 5.41) is 0. The first-order valence-corrected chi connectivity index (χ1v) is 8.44. The SMILES string of the molecule is Cc1cccc(CN2CCN(C(=O)[C@@H]3CC=CCC3)CC2)c1. The minimum Gasteiger partial charge on any atom is -0.340 e. The summed E-state index contributed by atoms with van der Waals surface area (Å²) in [7, 11) is 0. The molecule has 22 heavy (non-hydrogen) atoms. The van der Waals surface area contributed by atoms with Crippen molar-refractivity contribution in [3.05, 3.63) is 47.5 Å². The maximum atomic E-state index is 12.5. The molecule has 3 heteroatoms. The topological polar surface area (TPSA) is 23.6 Å². The summed E-state index contributed by atoms with van der Waals surface area (Å²) in [6.45, 7) is 6.87. The van der Waals surface area contributed by atoms with Crippen LogP contribution >= 0.6 is 0 Å². The average molecular weight is 298 g/mol. The number of allylic oxidation sites excluding steroid dienone is 2. The molecule has 3 rings (SSSR count). The Morgan fingerprint density at radius 1 is 1.18 bits per heavy atom. The Kier molecular flexibility index (Phi) is 4.94. The highest BCUT2D eigenvalue weighted by Crippen LogP contribution is 2.21. The molecule has 0 saturated carbocycles. The van der Waals surface area contributed by atoms with Gasteiger partial charge in [0.2, 0.25) is 5.91 Å². The van der Waals surface area contributed by atoms with Crippen LogP contribution in [0, 0.1) is 12.8 Å². The molecule has 0 N–H and O–H groups in total. The molecular formula is C19H26N2O. The summed E-state index contributed by atoms with van der Waals surface area (Å²) in [6, 6.07) is 8.71. The molecule has 1 aliphatic carbocycles. The van der Waals surface area contributed by atoms with E-state index in [2.05, 4.69) is 53.1 Å². The number of rotatable bonds is 3. The van der Waals surface area contributed by atoms with E-state index in [1.54, 1.807) is 0 Å². The number of hydrogen-bond acceptors (Lipinski definition) is 2. The molecule has 1 aromatic carbocycles. The van der Waals surface area contributed by atoms with Crippen molar-refractivity contribution in [3.63, 3.8) is 0 Å². The van der Waals surface area contributed by atoms with Gasteiger partial charge in [-0.2, -0.15) is 0 Å². The van der Waals surface area contributed by atoms with Crippen LogP contribution in [0.5, 0.6) is 0 Å². The lowest BCUT2D eigenvalue weighted by Gasteiger charge is -2.36. The highest BCUT2D eigenvalue weighted by molar-refractivity contribution is 5.79. The lowest BCUT2D eigenvalue weighted by Crippen LogP contribution is -2.50. The summed E-state index contributed by atoms with van der Waals surface area (Å²) in [4.78, 5) is 17.1. The van der Waals surface area contributed by atoms with Crippen molar-refractivity contribution in [2.75, 3.05) is 26.2 Å². The lowest BCUT2D eigenvalue weighted by molar-refractivity contribution is -0.137. The number of aryl methyl sites for hydroxylation is 1. The van der Waals surface area contributed by atoms with E-state index in [0.29, 0.717) is 5.91 Å². The van der Waals surface area contributed by atoms with Crippen molar-refractivity contribution in [2.24, 2.45) is 5.92 Å². The molecule has 0 unspecified atom stereocenters. The molecule has 1 fully saturated rings. The minimum absolute atomic E-state index is 0.230. The maximum absolute atomic E-state index is 12.5. The Bertz CT molecular complexity index is 544. The van der Waals surface area contributed by atoms with Gasteiger partial charge in [-0.15, -0.1) is 0 Å². The van der Waals surface area contributed by atoms with E-state index in [-0.39, 0.29) is 5.92 Å². The first-order valence-electron chi connectivity index (χ1n) is 8.44. The summed E-state index contributed by atoms with van der Waals surface area (Å²) in [6.07, 6.45) is 7.38. The van der Waals surface area contributed by atoms with Crippen molar-refractivity contribution in [1.82, 2.24) is 9.80 Å². The van der Waals surface area contributed by atoms with Crippen LogP contribution in [0.15, 0.2) is 36.4 Å². The minimum atomic E-state index is 0.230. The summed E-state index contributed by atoms with van der Waals surface area (Å²) in [5.74, 6) is 0.605. The van der Waals surface area contributed by atoms with Gasteiger partial charge in [0.15, 0.2) is 0 Å². The Morgan fingerprint density at radius 3 is 2.68 bits per heavy atom. The predicted octanol–water partition coefficient (Wildman–Crippen LogP) is 3.00. The number of carbonyl (C=O) groups excluding carboxylic acids is 1. The van der Waals surface area contributed by atoms with Gasteiger partial charge in [-0.05, 0) is 31.7 Å². The van der Waals surface area contributed by atoms with E-state index in [9.17, 15) is 4.79 Å². The number of nitrogens with zero attached hydrogens (tertiary/aromatic N) is 2. The maximum Gasteiger partial charge on any atom is 0.226 e. The molecule has 0 aromatic heterocycles. The van der Waals surface area contributed by atoms with E-state index in [4.69, 9.17) is 0 Å². The molecule has 1 atom stereocenters. The van der Waals surface area contributed by atoms with Gasteiger partial charge in [0, 0.05) is 38.6 Å². The highest BCUT2D eigenvalue weighted by atomic mass is 16.2. The molecular weight excluding hydrogens is 272 g/mol. The molecule has 1 aromatic rings. The van der Waals surface area contributed by atoms with Gasteiger partial charge in [0.25, 0.3) is 0 Å². The predicted molar refractivity (Wildman–Crippen MR) is 89.5 cm³/mol. The molecule has 1 saturated heterocycles. The fraction of sp³-hybridized carbons (Fsp3) is 0.526. The Morgan fingerprint density at radius 2 is 2.00 bits per heavy atom. The molecule has 3 nitrogen and oxygen atoms in total. The highest BCUT2D eigenvalue weighted by Gasteiger charge is 2.27. The van der Waals surface area contributed by atoms with E-state index in [1.165, 1.54) is 11.1 Å². The first kappa shape index (κ1) is 15.3. The van der Waals surface area contributed by atoms with Crippen molar-refractivity contribution < 1.29 is 4.79 Å². The lowest BCUT2D eigenvalue weighted by atomic mass is 9.93. The third-order valence-corrected chi connectivity index (χ3v) is 4.79. The third kappa shape index (κ3) is 3.77. The second kappa shape index (κ2) is 7.10. The normalized spacial score (nSPS) is 22.8. The van der Waals surface area contributed by atoms with Crippen LogP contribution in [-0.4, -0.2) is 41.9 Å². The average Bonchev–Trinajstić information content (AvgIpc) is 2.56. The van der Waals surface area contributed by atoms with Crippen LogP contribution in [-0.2, 0) is 11.3 Å². The first-order chi connectivity index (χ1) is 10.7. The number of amides is 1. The van der Waals surface area contributed by atoms with Crippen LogP contribution in [0.4, 0.5) is 0 Å². The fourth-order valence-electron chi connectivity index (χ4n) is 3.47. The molecule has 2 aliphatic rings. The van der Waals surface area contributed by atoms with Gasteiger partial charge in [-0.3, -0.25) is 9.69 Å². The molecule has 1 heterocycles. The van der Waals surface area contributed by atoms with Crippen molar-refractivity contribution in [2.45, 2.75) is 32.7 Å². The zero-order valence-corrected chi connectivity index (χ0v) is 13.5. The number of benzene rings is 1. The smallest absolute Gasteiger partial charge is 0.226 e. The van der Waals surface area contributed by atoms with Crippen LogP contribution in [0.25, 0.3) is 0 Å². The van der Waals surface area contributed by atoms with E-state index < -0.39 is 0 Å². The van der Waals surface area contributed by atoms with E-state index >= 15 is 0 Å². The van der Waals surface area contributed by atoms with E-state index in [0.717, 1.165) is 52.0 Å². The molecule has 1 amide bonds. The quantitative estimate of drug-likeness (QED) is 0.801. The van der Waals surface area contributed by atoms with Gasteiger partial charge in [0.1, 0.15) is 0 Å². The monoisotopic (exact) mass is 298 g/mol. The Hall–Kier alpha value is -1.61. The van der Waals surface area contributed by atoms with Crippen molar-refractivity contribution in [1.29, 1.82) is 0 Å². The van der Waals surface area contributed by atoms with Gasteiger partial charge >= 0.3 is 0 Å². The molecule has 0 radical (unpaired) electrons. The number of hydrogen-bond donors (Lipinski definition) is 0. The zero-order valence-electron chi connectivity index (χ0n) is 13.5. The van der Waals surface area contributed by atoms with Gasteiger partial charge < -0.3 is 4.90 Å². The van der Waals surface area contributed by atoms with Crippen molar-refractivity contribution >= 4 is 5.91 Å². The largest absolute Gasteiger partial charge is 0.340 e. The summed E-state index contributed by atoms with van der Waals surface area (Å²) in [5.41, 5.74) is 2.69. The fourth-order valence-corrected chi connectivity index (χ4v) is 3.47. The number of piperazine rings is 1. The van der Waals surface area contributed by atoms with Crippen LogP contribution in [0.3, 0.4) is 0 Å². The summed E-state index contributed by atoms with van der Waals surface area (Å²) >= 11 is 0. The van der Waals surface area contributed by atoms with E-state index in [1.807, 2.05) is 0 Å². The molecule has 118 valence electrons. The second-order valence-corrected chi connectivity index (χ2v) is 6.57. The Balaban J connectivity index is 1.49. The van der Waals surface area contributed by atoms with Crippen LogP contribution in [0.2, 0.25) is 0 Å². The third-order valence-electron chi connectivity index (χ3n) is 4.79. The standard InChI is InChI=1S/C19H26N2O/c1-16-6-5-7-17(14-16)15-20-10-12-21(13-11-20)19(22)18-8-3-2-4-9-18/h2-3,5-7,14,18H,4,8-13,15H2,1H3/t18-/m1/s1. The zero-order chi connectivity index (χ0) is 15.4. The second-order valence-electron chi connectivity index (χ2n) is 6.57. The molecule has 0 bridgehead atoms. The van der Waals surface area contributed by atoms with Crippen molar-refractivity contribution in [3.8, 4) is 0 Å². The van der Waals surface area contributed by atoms with Gasteiger partial charge in [0.05, 0.1) is 0 Å². The van der Waals surface area contributed by atoms with Gasteiger partial charge in [-0.1, -0.05) is 42.0 Å². The van der Waals surface area contributed by atoms with Crippen LogP contribution in [0.1, 0.15) is 30.4 Å². The molecule has 0 spiro atoms. The molecule has 1 aliphatic heterocycles. The Labute approximate surface area is 133 Å². The summed E-state index contributed by atoms with van der Waals surface area (Å²) < 4.78 is 0. The van der Waals surface area contributed by atoms with Gasteiger partial charge in [-0.25, -0.2) is 0 Å². The number of carbonyl (C=O) groups is 1. The van der Waals surface area contributed by atoms with Crippen LogP contribution < -0.4 is 0 Å².